The summed E-state index contributed by atoms with van der Waals surface area (Å²) in [5, 5.41) is 15.0. The Hall–Kier alpha value is -6.41. The van der Waals surface area contributed by atoms with Crippen molar-refractivity contribution in [3.8, 4) is 39.7 Å². The Bertz CT molecular complexity index is 2630. The van der Waals surface area contributed by atoms with Crippen molar-refractivity contribution in [2.75, 3.05) is 0 Å². The van der Waals surface area contributed by atoms with Crippen molar-refractivity contribution in [3.63, 3.8) is 0 Å². The molecule has 0 fully saturated rings. The van der Waals surface area contributed by atoms with Crippen LogP contribution in [0.5, 0.6) is 0 Å². The Morgan fingerprint density at radius 2 is 1.00 bits per heavy atom. The molecule has 0 atom stereocenters. The summed E-state index contributed by atoms with van der Waals surface area (Å²) in [6, 6.07) is 57.7. The van der Waals surface area contributed by atoms with Crippen molar-refractivity contribution in [1.29, 1.82) is 5.26 Å². The minimum Gasteiger partial charge on any atom is -0.326 e. The van der Waals surface area contributed by atoms with Crippen molar-refractivity contribution >= 4 is 43.6 Å². The van der Waals surface area contributed by atoms with Crippen LogP contribution in [0.1, 0.15) is 11.1 Å². The number of fused-ring (bicyclic) bond motifs is 6. The predicted molar refractivity (Wildman–Crippen MR) is 199 cm³/mol. The van der Waals surface area contributed by atoms with Gasteiger partial charge in [-0.25, -0.2) is 0 Å². The number of para-hydroxylation sites is 4. The lowest BCUT2D eigenvalue weighted by molar-refractivity contribution is 1.03. The maximum absolute atomic E-state index is 10.1. The van der Waals surface area contributed by atoms with E-state index in [0.717, 1.165) is 61.3 Å². The van der Waals surface area contributed by atoms with E-state index in [1.54, 1.807) is 0 Å². The molecular formula is C44H30N4. The van der Waals surface area contributed by atoms with E-state index in [1.807, 2.05) is 24.3 Å². The molecule has 226 valence electrons. The van der Waals surface area contributed by atoms with Gasteiger partial charge in [0.05, 0.1) is 39.4 Å². The zero-order valence-corrected chi connectivity index (χ0v) is 26.1. The summed E-state index contributed by atoms with van der Waals surface area (Å²) in [5.41, 5.74) is 19.0. The molecular weight excluding hydrogens is 585 g/mol. The Kier molecular flexibility index (Phi) is 6.46. The molecule has 0 radical (unpaired) electrons. The molecule has 4 heteroatoms. The van der Waals surface area contributed by atoms with Gasteiger partial charge >= 0.3 is 0 Å². The first kappa shape index (κ1) is 27.9. The number of nitrogens with two attached hydrogens (primary N) is 1. The molecule has 0 saturated carbocycles. The summed E-state index contributed by atoms with van der Waals surface area (Å²) in [6.45, 7) is 0.376. The van der Waals surface area contributed by atoms with Crippen molar-refractivity contribution in [2.45, 2.75) is 6.54 Å². The van der Waals surface area contributed by atoms with Gasteiger partial charge in [-0.05, 0) is 76.9 Å². The van der Waals surface area contributed by atoms with Crippen LogP contribution in [-0.4, -0.2) is 9.13 Å². The fourth-order valence-electron chi connectivity index (χ4n) is 7.48. The van der Waals surface area contributed by atoms with Crippen molar-refractivity contribution < 1.29 is 0 Å². The van der Waals surface area contributed by atoms with E-state index in [0.29, 0.717) is 12.1 Å². The molecule has 9 aromatic rings. The highest BCUT2D eigenvalue weighted by Gasteiger charge is 2.19. The van der Waals surface area contributed by atoms with Crippen LogP contribution in [0.25, 0.3) is 77.2 Å². The van der Waals surface area contributed by atoms with Crippen LogP contribution in [0.3, 0.4) is 0 Å². The molecule has 2 heterocycles. The van der Waals surface area contributed by atoms with Crippen LogP contribution in [0.2, 0.25) is 0 Å². The minimum absolute atomic E-state index is 0.376. The summed E-state index contributed by atoms with van der Waals surface area (Å²) >= 11 is 0. The van der Waals surface area contributed by atoms with Gasteiger partial charge in [-0.15, -0.1) is 0 Å². The normalized spacial score (nSPS) is 11.5. The minimum atomic E-state index is 0.376. The van der Waals surface area contributed by atoms with Gasteiger partial charge in [0, 0.05) is 39.3 Å². The third-order valence-electron chi connectivity index (χ3n) is 9.61. The highest BCUT2D eigenvalue weighted by molar-refractivity contribution is 6.10. The SMILES string of the molecule is N#Cc1ccccc1-c1ccc(-n2c3ccccc3c3ccccc32)cc1-c1ccc(-n2c3ccccc3c3ccccc32)c(CN)c1. The summed E-state index contributed by atoms with van der Waals surface area (Å²) in [6.07, 6.45) is 0. The number of aromatic nitrogens is 2. The van der Waals surface area contributed by atoms with E-state index in [9.17, 15) is 5.26 Å². The third-order valence-corrected chi connectivity index (χ3v) is 9.61. The van der Waals surface area contributed by atoms with Crippen molar-refractivity contribution in [1.82, 2.24) is 9.13 Å². The number of hydrogen-bond acceptors (Lipinski definition) is 2. The van der Waals surface area contributed by atoms with Gasteiger partial charge in [0.1, 0.15) is 0 Å². The molecule has 48 heavy (non-hydrogen) atoms. The smallest absolute Gasteiger partial charge is 0.0998 e. The Morgan fingerprint density at radius 3 is 1.56 bits per heavy atom. The molecule has 0 saturated heterocycles. The second kappa shape index (κ2) is 11.1. The average molecular weight is 615 g/mol. The largest absolute Gasteiger partial charge is 0.326 e. The van der Waals surface area contributed by atoms with E-state index in [-0.39, 0.29) is 0 Å². The molecule has 0 aliphatic heterocycles. The quantitative estimate of drug-likeness (QED) is 0.210. The number of rotatable bonds is 5. The second-order valence-corrected chi connectivity index (χ2v) is 12.2. The zero-order valence-electron chi connectivity index (χ0n) is 26.1. The van der Waals surface area contributed by atoms with Crippen LogP contribution < -0.4 is 5.73 Å². The molecule has 0 aliphatic rings. The zero-order chi connectivity index (χ0) is 32.2. The molecule has 4 nitrogen and oxygen atoms in total. The number of hydrogen-bond donors (Lipinski definition) is 1. The van der Waals surface area contributed by atoms with Gasteiger partial charge in [-0.2, -0.15) is 5.26 Å². The first-order valence-corrected chi connectivity index (χ1v) is 16.2. The fraction of sp³-hybridized carbons (Fsp3) is 0.0227. The third kappa shape index (κ3) is 4.19. The highest BCUT2D eigenvalue weighted by atomic mass is 15.0. The first-order valence-electron chi connectivity index (χ1n) is 16.2. The Balaban J connectivity index is 1.31. The van der Waals surface area contributed by atoms with Gasteiger partial charge in [0.15, 0.2) is 0 Å². The Morgan fingerprint density at radius 1 is 0.479 bits per heavy atom. The molecule has 2 aromatic heterocycles. The monoisotopic (exact) mass is 614 g/mol. The number of nitrogens with zero attached hydrogens (tertiary/aromatic N) is 3. The topological polar surface area (TPSA) is 59.7 Å². The lowest BCUT2D eigenvalue weighted by Crippen LogP contribution is -2.05. The number of nitriles is 1. The molecule has 2 N–H and O–H groups in total. The van der Waals surface area contributed by atoms with Crippen LogP contribution >= 0.6 is 0 Å². The van der Waals surface area contributed by atoms with E-state index >= 15 is 0 Å². The predicted octanol–water partition coefficient (Wildman–Crippen LogP) is 10.5. The molecule has 0 unspecified atom stereocenters. The van der Waals surface area contributed by atoms with E-state index in [4.69, 9.17) is 5.73 Å². The Labute approximate surface area is 278 Å². The van der Waals surface area contributed by atoms with Gasteiger partial charge in [-0.3, -0.25) is 0 Å². The van der Waals surface area contributed by atoms with E-state index in [1.165, 1.54) is 21.5 Å². The molecule has 0 aliphatic carbocycles. The van der Waals surface area contributed by atoms with Gasteiger partial charge in [0.2, 0.25) is 0 Å². The summed E-state index contributed by atoms with van der Waals surface area (Å²) in [7, 11) is 0. The van der Waals surface area contributed by atoms with Crippen LogP contribution in [0.15, 0.2) is 158 Å². The van der Waals surface area contributed by atoms with Crippen LogP contribution in [0.4, 0.5) is 0 Å². The molecule has 9 rings (SSSR count). The van der Waals surface area contributed by atoms with Crippen LogP contribution in [0, 0.1) is 11.3 Å². The summed E-state index contributed by atoms with van der Waals surface area (Å²) in [4.78, 5) is 0. The van der Waals surface area contributed by atoms with Gasteiger partial charge in [0.25, 0.3) is 0 Å². The maximum Gasteiger partial charge on any atom is 0.0998 e. The first-order chi connectivity index (χ1) is 23.7. The molecule has 7 aromatic carbocycles. The maximum atomic E-state index is 10.1. The fourth-order valence-corrected chi connectivity index (χ4v) is 7.48. The lowest BCUT2D eigenvalue weighted by atomic mass is 9.90. The van der Waals surface area contributed by atoms with Crippen LogP contribution in [-0.2, 0) is 6.54 Å². The lowest BCUT2D eigenvalue weighted by Gasteiger charge is -2.18. The van der Waals surface area contributed by atoms with E-state index in [2.05, 4.69) is 149 Å². The van der Waals surface area contributed by atoms with Crippen molar-refractivity contribution in [3.05, 3.63) is 169 Å². The summed E-state index contributed by atoms with van der Waals surface area (Å²) < 4.78 is 4.67. The molecule has 0 amide bonds. The molecule has 0 bridgehead atoms. The standard InChI is InChI=1S/C44H30N4/c45-27-30-11-1-2-12-33(30)34-23-22-32(47-41-17-7-3-13-35(41)36-14-4-8-18-42(36)47)26-39(34)29-21-24-40(31(25-29)28-46)48-43-19-9-5-15-37(43)38-16-6-10-20-44(38)48/h1-26H,28,46H2. The average Bonchev–Trinajstić information content (AvgIpc) is 3.67. The van der Waals surface area contributed by atoms with E-state index < -0.39 is 0 Å². The molecule has 0 spiro atoms. The van der Waals surface area contributed by atoms with Crippen molar-refractivity contribution in [2.24, 2.45) is 5.73 Å². The number of benzene rings is 7. The second-order valence-electron chi connectivity index (χ2n) is 12.2. The summed E-state index contributed by atoms with van der Waals surface area (Å²) in [5.74, 6) is 0. The van der Waals surface area contributed by atoms with Gasteiger partial charge < -0.3 is 14.9 Å². The van der Waals surface area contributed by atoms with Gasteiger partial charge in [-0.1, -0.05) is 103 Å². The highest BCUT2D eigenvalue weighted by Crippen LogP contribution is 2.40.